The van der Waals surface area contributed by atoms with Crippen molar-refractivity contribution in [2.75, 3.05) is 19.6 Å². The van der Waals surface area contributed by atoms with E-state index in [1.165, 1.54) is 11.0 Å². The van der Waals surface area contributed by atoms with Gasteiger partial charge in [0.25, 0.3) is 11.8 Å². The highest BCUT2D eigenvalue weighted by Gasteiger charge is 2.27. The van der Waals surface area contributed by atoms with E-state index in [9.17, 15) is 18.4 Å². The molecule has 2 aromatic heterocycles. The number of pyridine rings is 1. The molecular weight excluding hydrogens is 414 g/mol. The fourth-order valence-corrected chi connectivity index (χ4v) is 4.20. The lowest BCUT2D eigenvalue weighted by Gasteiger charge is -2.32. The number of aromatic nitrogens is 2. The molecule has 0 atom stereocenters. The van der Waals surface area contributed by atoms with Gasteiger partial charge in [-0.25, -0.2) is 13.8 Å². The molecular formula is C24H26F2N4O2. The van der Waals surface area contributed by atoms with Crippen LogP contribution in [0.1, 0.15) is 52.8 Å². The molecule has 6 nitrogen and oxygen atoms in total. The van der Waals surface area contributed by atoms with Gasteiger partial charge >= 0.3 is 0 Å². The summed E-state index contributed by atoms with van der Waals surface area (Å²) < 4.78 is 29.6. The molecule has 3 aromatic rings. The number of carbonyl (C=O) groups is 2. The number of nitrogens with zero attached hydrogens (tertiary/aromatic N) is 3. The summed E-state index contributed by atoms with van der Waals surface area (Å²) in [6.07, 6.45) is 9.75. The number of piperidine rings is 1. The number of unbranched alkanes of at least 4 members (excludes halogenated alkanes) is 1. The number of fused-ring (bicyclic) bond motifs is 1. The molecule has 1 fully saturated rings. The lowest BCUT2D eigenvalue weighted by molar-refractivity contribution is 0.0676. The normalized spacial score (nSPS) is 14.6. The number of carbonyl (C=O) groups excluding carboxylic acids is 2. The molecule has 1 N–H and O–H groups in total. The highest BCUT2D eigenvalue weighted by Crippen LogP contribution is 2.25. The predicted molar refractivity (Wildman–Crippen MR) is 116 cm³/mol. The van der Waals surface area contributed by atoms with Crippen LogP contribution in [0, 0.1) is 17.6 Å². The Morgan fingerprint density at radius 3 is 2.56 bits per heavy atom. The van der Waals surface area contributed by atoms with E-state index < -0.39 is 23.1 Å². The Hall–Kier alpha value is -3.29. The summed E-state index contributed by atoms with van der Waals surface area (Å²) >= 11 is 0. The lowest BCUT2D eigenvalue weighted by Crippen LogP contribution is -2.39. The van der Waals surface area contributed by atoms with E-state index in [0.29, 0.717) is 31.1 Å². The molecule has 32 heavy (non-hydrogen) atoms. The van der Waals surface area contributed by atoms with Crippen molar-refractivity contribution in [1.29, 1.82) is 0 Å². The summed E-state index contributed by atoms with van der Waals surface area (Å²) in [5, 5.41) is 2.95. The van der Waals surface area contributed by atoms with Gasteiger partial charge in [-0.2, -0.15) is 0 Å². The predicted octanol–water partition coefficient (Wildman–Crippen LogP) is 4.07. The van der Waals surface area contributed by atoms with Crippen LogP contribution in [-0.4, -0.2) is 45.7 Å². The Balaban J connectivity index is 1.15. The van der Waals surface area contributed by atoms with Gasteiger partial charge in [0, 0.05) is 38.2 Å². The van der Waals surface area contributed by atoms with E-state index in [2.05, 4.69) is 10.3 Å². The second kappa shape index (κ2) is 9.89. The molecule has 1 saturated heterocycles. The zero-order valence-electron chi connectivity index (χ0n) is 17.8. The SMILES string of the molecule is O=C(NCCCCC1CCN(C(=O)c2c(F)cccc2F)CC1)c1ccc2nccn2c1. The summed E-state index contributed by atoms with van der Waals surface area (Å²) in [5.74, 6) is -1.83. The zero-order chi connectivity index (χ0) is 22.5. The van der Waals surface area contributed by atoms with Gasteiger partial charge < -0.3 is 14.6 Å². The lowest BCUT2D eigenvalue weighted by atomic mass is 9.91. The first-order chi connectivity index (χ1) is 15.5. The van der Waals surface area contributed by atoms with Crippen molar-refractivity contribution >= 4 is 17.5 Å². The van der Waals surface area contributed by atoms with Gasteiger partial charge in [0.15, 0.2) is 0 Å². The number of amides is 2. The van der Waals surface area contributed by atoms with Crippen LogP contribution in [0.25, 0.3) is 5.65 Å². The van der Waals surface area contributed by atoms with Gasteiger partial charge in [-0.3, -0.25) is 9.59 Å². The second-order valence-electron chi connectivity index (χ2n) is 8.19. The molecule has 1 aliphatic rings. The maximum absolute atomic E-state index is 13.9. The Bertz CT molecular complexity index is 1090. The Labute approximate surface area is 185 Å². The molecule has 4 rings (SSSR count). The quantitative estimate of drug-likeness (QED) is 0.564. The van der Waals surface area contributed by atoms with Crippen LogP contribution < -0.4 is 5.32 Å². The average Bonchev–Trinajstić information content (AvgIpc) is 3.27. The van der Waals surface area contributed by atoms with Crippen molar-refractivity contribution in [2.45, 2.75) is 32.1 Å². The highest BCUT2D eigenvalue weighted by molar-refractivity contribution is 5.95. The van der Waals surface area contributed by atoms with Crippen LogP contribution in [0.3, 0.4) is 0 Å². The molecule has 0 radical (unpaired) electrons. The largest absolute Gasteiger partial charge is 0.352 e. The molecule has 0 unspecified atom stereocenters. The fraction of sp³-hybridized carbons (Fsp3) is 0.375. The third-order valence-electron chi connectivity index (χ3n) is 6.05. The van der Waals surface area contributed by atoms with Crippen LogP contribution in [-0.2, 0) is 0 Å². The van der Waals surface area contributed by atoms with Crippen molar-refractivity contribution in [3.8, 4) is 0 Å². The van der Waals surface area contributed by atoms with Gasteiger partial charge in [-0.1, -0.05) is 18.9 Å². The first-order valence-electron chi connectivity index (χ1n) is 11.0. The third-order valence-corrected chi connectivity index (χ3v) is 6.05. The summed E-state index contributed by atoms with van der Waals surface area (Å²) in [7, 11) is 0. The molecule has 1 aromatic carbocycles. The molecule has 3 heterocycles. The molecule has 168 valence electrons. The average molecular weight is 440 g/mol. The summed E-state index contributed by atoms with van der Waals surface area (Å²) in [4.78, 5) is 30.5. The number of benzene rings is 1. The van der Waals surface area contributed by atoms with E-state index >= 15 is 0 Å². The first kappa shape index (κ1) is 21.9. The second-order valence-corrected chi connectivity index (χ2v) is 8.19. The number of nitrogens with one attached hydrogen (secondary N) is 1. The molecule has 0 spiro atoms. The van der Waals surface area contributed by atoms with Crippen molar-refractivity contribution in [1.82, 2.24) is 19.6 Å². The molecule has 0 saturated carbocycles. The maximum Gasteiger partial charge on any atom is 0.259 e. The fourth-order valence-electron chi connectivity index (χ4n) is 4.20. The standard InChI is InChI=1S/C24H26F2N4O2/c25-19-5-3-6-20(26)22(19)24(32)29-13-9-17(10-14-29)4-1-2-11-28-23(31)18-7-8-21-27-12-15-30(21)16-18/h3,5-8,12,15-17H,1-2,4,9-11,13-14H2,(H,28,31). The van der Waals surface area contributed by atoms with Crippen LogP contribution in [0.5, 0.6) is 0 Å². The monoisotopic (exact) mass is 440 g/mol. The van der Waals surface area contributed by atoms with Crippen molar-refractivity contribution < 1.29 is 18.4 Å². The number of imidazole rings is 1. The molecule has 0 aliphatic carbocycles. The van der Waals surface area contributed by atoms with Crippen molar-refractivity contribution in [3.05, 3.63) is 71.7 Å². The van der Waals surface area contributed by atoms with Crippen molar-refractivity contribution in [2.24, 2.45) is 5.92 Å². The minimum Gasteiger partial charge on any atom is -0.352 e. The summed E-state index contributed by atoms with van der Waals surface area (Å²) in [6, 6.07) is 7.05. The Morgan fingerprint density at radius 2 is 1.81 bits per heavy atom. The molecule has 8 heteroatoms. The summed E-state index contributed by atoms with van der Waals surface area (Å²) in [5.41, 5.74) is 0.932. The van der Waals surface area contributed by atoms with Crippen LogP contribution in [0.2, 0.25) is 0 Å². The number of halogens is 2. The van der Waals surface area contributed by atoms with E-state index in [4.69, 9.17) is 0 Å². The molecule has 1 aliphatic heterocycles. The van der Waals surface area contributed by atoms with Crippen LogP contribution in [0.4, 0.5) is 8.78 Å². The van der Waals surface area contributed by atoms with Gasteiger partial charge in [0.05, 0.1) is 5.56 Å². The smallest absolute Gasteiger partial charge is 0.259 e. The van der Waals surface area contributed by atoms with Crippen LogP contribution >= 0.6 is 0 Å². The van der Waals surface area contributed by atoms with E-state index in [0.717, 1.165) is 49.9 Å². The van der Waals surface area contributed by atoms with E-state index in [-0.39, 0.29) is 5.91 Å². The van der Waals surface area contributed by atoms with E-state index in [1.54, 1.807) is 24.7 Å². The van der Waals surface area contributed by atoms with Gasteiger partial charge in [0.1, 0.15) is 22.8 Å². The first-order valence-corrected chi connectivity index (χ1v) is 11.0. The molecule has 2 amide bonds. The summed E-state index contributed by atoms with van der Waals surface area (Å²) in [6.45, 7) is 1.61. The maximum atomic E-state index is 13.9. The van der Waals surface area contributed by atoms with Gasteiger partial charge in [0.2, 0.25) is 0 Å². The number of rotatable bonds is 7. The number of likely N-dealkylation sites (tertiary alicyclic amines) is 1. The minimum atomic E-state index is -0.816. The van der Waals surface area contributed by atoms with Crippen molar-refractivity contribution in [3.63, 3.8) is 0 Å². The number of hydrogen-bond donors (Lipinski definition) is 1. The number of hydrogen-bond acceptors (Lipinski definition) is 3. The Kier molecular flexibility index (Phi) is 6.78. The highest BCUT2D eigenvalue weighted by atomic mass is 19.1. The Morgan fingerprint density at radius 1 is 1.06 bits per heavy atom. The van der Waals surface area contributed by atoms with E-state index in [1.807, 2.05) is 10.5 Å². The minimum absolute atomic E-state index is 0.104. The van der Waals surface area contributed by atoms with Gasteiger partial charge in [-0.05, 0) is 49.4 Å². The van der Waals surface area contributed by atoms with Crippen LogP contribution in [0.15, 0.2) is 48.9 Å². The van der Waals surface area contributed by atoms with Gasteiger partial charge in [-0.15, -0.1) is 0 Å². The topological polar surface area (TPSA) is 66.7 Å². The third kappa shape index (κ3) is 4.95. The zero-order valence-corrected chi connectivity index (χ0v) is 17.8. The molecule has 0 bridgehead atoms.